The zero-order chi connectivity index (χ0) is 20.4. The number of H-pyrrole nitrogens is 1. The van der Waals surface area contributed by atoms with E-state index in [9.17, 15) is 23.9 Å². The van der Waals surface area contributed by atoms with Gasteiger partial charge in [0.05, 0.1) is 12.7 Å². The number of alkyl halides is 1. The molecule has 0 radical (unpaired) electrons. The van der Waals surface area contributed by atoms with Gasteiger partial charge < -0.3 is 14.6 Å². The lowest BCUT2D eigenvalue weighted by Crippen LogP contribution is -2.44. The number of nitrogens with zero attached hydrogens (tertiary/aromatic N) is 1. The number of esters is 1. The van der Waals surface area contributed by atoms with Gasteiger partial charge in [-0.15, -0.1) is 0 Å². The van der Waals surface area contributed by atoms with E-state index in [0.717, 1.165) is 23.8 Å². The topological polar surface area (TPSA) is 132 Å². The Labute approximate surface area is 154 Å². The Balaban J connectivity index is 2.00. The van der Waals surface area contributed by atoms with Crippen LogP contribution in [0.3, 0.4) is 0 Å². The third-order valence-electron chi connectivity index (χ3n) is 4.03. The smallest absolute Gasteiger partial charge is 0.330 e. The number of aromatic amines is 1. The minimum Gasteiger partial charge on any atom is -0.462 e. The molecule has 10 nitrogen and oxygen atoms in total. The lowest BCUT2D eigenvalue weighted by molar-refractivity contribution is -0.156. The van der Waals surface area contributed by atoms with Crippen molar-refractivity contribution in [2.75, 3.05) is 6.61 Å². The van der Waals surface area contributed by atoms with Crippen molar-refractivity contribution >= 4 is 5.97 Å². The van der Waals surface area contributed by atoms with Crippen LogP contribution in [0, 0.1) is 0 Å². The van der Waals surface area contributed by atoms with E-state index in [0.29, 0.717) is 0 Å². The van der Waals surface area contributed by atoms with Crippen molar-refractivity contribution in [1.82, 2.24) is 15.0 Å². The zero-order valence-electron chi connectivity index (χ0n) is 15.5. The summed E-state index contributed by atoms with van der Waals surface area (Å²) in [6, 6.07) is 0.251. The summed E-state index contributed by atoms with van der Waals surface area (Å²) in [5, 5.41) is 10.2. The number of aromatic nitrogens is 2. The number of aliphatic hydroxyl groups excluding tert-OH is 1. The predicted molar refractivity (Wildman–Crippen MR) is 90.5 cm³/mol. The van der Waals surface area contributed by atoms with Crippen LogP contribution < -0.4 is 16.7 Å². The molecule has 1 aromatic rings. The second kappa shape index (κ2) is 8.30. The number of hydroxylamine groups is 1. The summed E-state index contributed by atoms with van der Waals surface area (Å²) < 4.78 is 26.2. The van der Waals surface area contributed by atoms with Crippen molar-refractivity contribution in [3.05, 3.63) is 33.1 Å². The first-order valence-electron chi connectivity index (χ1n) is 8.45. The van der Waals surface area contributed by atoms with Gasteiger partial charge in [-0.3, -0.25) is 24.0 Å². The van der Waals surface area contributed by atoms with E-state index in [2.05, 4.69) is 5.48 Å². The van der Waals surface area contributed by atoms with Crippen LogP contribution in [0.5, 0.6) is 0 Å². The summed E-state index contributed by atoms with van der Waals surface area (Å²) in [6.07, 6.45) is -3.40. The summed E-state index contributed by atoms with van der Waals surface area (Å²) in [4.78, 5) is 41.8. The third kappa shape index (κ3) is 4.80. The minimum absolute atomic E-state index is 0.287. The molecular weight excluding hydrogens is 365 g/mol. The molecule has 27 heavy (non-hydrogen) atoms. The molecule has 152 valence electrons. The standard InChI is InChI=1S/C16H24FN3O7/c1-8(2)26-13(23)9(3)19-25-7-10-12(22)16(4,17)14(27-10)20-6-5-11(21)18-15(20)24/h5-6,8-10,12,14,19,22H,7H2,1-4H3,(H,18,21,24)/t9-,10?,12+,14+,16+/m0/s1. The Hall–Kier alpha value is -2.08. The summed E-state index contributed by atoms with van der Waals surface area (Å²) in [5.41, 5.74) is -1.39. The van der Waals surface area contributed by atoms with E-state index in [1.165, 1.54) is 6.92 Å². The van der Waals surface area contributed by atoms with Crippen molar-refractivity contribution in [2.45, 2.75) is 63.9 Å². The molecule has 1 aromatic heterocycles. The molecule has 2 rings (SSSR count). The fraction of sp³-hybridized carbons (Fsp3) is 0.688. The SMILES string of the molecule is CC(C)OC(=O)[C@H](C)NOCC1O[C@@H](n2ccc(=O)[nH]c2=O)[C@](C)(F)[C@@H]1O. The van der Waals surface area contributed by atoms with Crippen LogP contribution in [0.15, 0.2) is 21.9 Å². The van der Waals surface area contributed by atoms with Crippen LogP contribution in [0.1, 0.15) is 33.9 Å². The van der Waals surface area contributed by atoms with E-state index in [-0.39, 0.29) is 12.7 Å². The van der Waals surface area contributed by atoms with Gasteiger partial charge in [-0.2, -0.15) is 5.48 Å². The van der Waals surface area contributed by atoms with Crippen molar-refractivity contribution in [3.63, 3.8) is 0 Å². The maximum Gasteiger partial charge on any atom is 0.330 e. The Bertz CT molecular complexity index is 776. The lowest BCUT2D eigenvalue weighted by Gasteiger charge is -2.24. The molecule has 0 bridgehead atoms. The van der Waals surface area contributed by atoms with Crippen LogP contribution in [0.2, 0.25) is 0 Å². The van der Waals surface area contributed by atoms with Crippen LogP contribution >= 0.6 is 0 Å². The number of halogens is 1. The Morgan fingerprint density at radius 3 is 2.74 bits per heavy atom. The Morgan fingerprint density at radius 2 is 2.15 bits per heavy atom. The normalized spacial score (nSPS) is 29.1. The summed E-state index contributed by atoms with van der Waals surface area (Å²) in [5.74, 6) is -0.536. The largest absolute Gasteiger partial charge is 0.462 e. The zero-order valence-corrected chi connectivity index (χ0v) is 15.5. The van der Waals surface area contributed by atoms with Crippen molar-refractivity contribution in [2.24, 2.45) is 0 Å². The average Bonchev–Trinajstić information content (AvgIpc) is 2.78. The number of aliphatic hydroxyl groups is 1. The monoisotopic (exact) mass is 389 g/mol. The van der Waals surface area contributed by atoms with Gasteiger partial charge in [0.1, 0.15) is 18.2 Å². The molecule has 1 aliphatic heterocycles. The van der Waals surface area contributed by atoms with Crippen LogP contribution in [0.25, 0.3) is 0 Å². The molecule has 0 spiro atoms. The van der Waals surface area contributed by atoms with Gasteiger partial charge >= 0.3 is 11.7 Å². The average molecular weight is 389 g/mol. The van der Waals surface area contributed by atoms with E-state index in [1.807, 2.05) is 4.98 Å². The molecule has 1 aliphatic rings. The van der Waals surface area contributed by atoms with Gasteiger partial charge in [0.15, 0.2) is 11.9 Å². The highest BCUT2D eigenvalue weighted by molar-refractivity contribution is 5.75. The summed E-state index contributed by atoms with van der Waals surface area (Å²) >= 11 is 0. The highest BCUT2D eigenvalue weighted by Crippen LogP contribution is 2.40. The first kappa shape index (κ1) is 21.2. The number of nitrogens with one attached hydrogen (secondary N) is 2. The number of rotatable bonds is 7. The second-order valence-electron chi connectivity index (χ2n) is 6.78. The van der Waals surface area contributed by atoms with Crippen LogP contribution in [0.4, 0.5) is 4.39 Å². The van der Waals surface area contributed by atoms with Gasteiger partial charge in [0.25, 0.3) is 5.56 Å². The maximum atomic E-state index is 15.0. The molecule has 0 aromatic carbocycles. The first-order valence-corrected chi connectivity index (χ1v) is 8.45. The number of ether oxygens (including phenoxy) is 2. The van der Waals surface area contributed by atoms with Crippen LogP contribution in [-0.2, 0) is 19.1 Å². The van der Waals surface area contributed by atoms with Crippen molar-refractivity contribution < 1.29 is 28.6 Å². The van der Waals surface area contributed by atoms with E-state index < -0.39 is 47.4 Å². The molecule has 5 atom stereocenters. The van der Waals surface area contributed by atoms with Gasteiger partial charge in [-0.25, -0.2) is 9.18 Å². The number of hydrogen-bond acceptors (Lipinski definition) is 8. The molecule has 1 fully saturated rings. The lowest BCUT2D eigenvalue weighted by atomic mass is 9.98. The molecule has 1 unspecified atom stereocenters. The highest BCUT2D eigenvalue weighted by Gasteiger charge is 2.55. The van der Waals surface area contributed by atoms with Gasteiger partial charge in [-0.1, -0.05) is 0 Å². The highest BCUT2D eigenvalue weighted by atomic mass is 19.1. The quantitative estimate of drug-likeness (QED) is 0.415. The predicted octanol–water partition coefficient (Wildman–Crippen LogP) is -0.616. The second-order valence-corrected chi connectivity index (χ2v) is 6.78. The van der Waals surface area contributed by atoms with E-state index in [1.54, 1.807) is 13.8 Å². The molecule has 0 amide bonds. The first-order chi connectivity index (χ1) is 12.5. The minimum atomic E-state index is -2.32. The maximum absolute atomic E-state index is 15.0. The third-order valence-corrected chi connectivity index (χ3v) is 4.03. The Kier molecular flexibility index (Phi) is 6.52. The fourth-order valence-corrected chi connectivity index (χ4v) is 2.60. The molecule has 11 heteroatoms. The fourth-order valence-electron chi connectivity index (χ4n) is 2.60. The van der Waals surface area contributed by atoms with Gasteiger partial charge in [-0.05, 0) is 27.7 Å². The molecule has 0 saturated carbocycles. The van der Waals surface area contributed by atoms with Gasteiger partial charge in [0, 0.05) is 12.3 Å². The molecular formula is C16H24FN3O7. The van der Waals surface area contributed by atoms with Crippen molar-refractivity contribution in [3.8, 4) is 0 Å². The molecule has 2 heterocycles. The Morgan fingerprint density at radius 1 is 1.48 bits per heavy atom. The van der Waals surface area contributed by atoms with Crippen molar-refractivity contribution in [1.29, 1.82) is 0 Å². The molecule has 0 aliphatic carbocycles. The number of carbonyl (C=O) groups excluding carboxylic acids is 1. The number of hydrogen-bond donors (Lipinski definition) is 3. The summed E-state index contributed by atoms with van der Waals surface area (Å²) in [7, 11) is 0. The van der Waals surface area contributed by atoms with Gasteiger partial charge in [0.2, 0.25) is 0 Å². The van der Waals surface area contributed by atoms with Crippen LogP contribution in [-0.4, -0.2) is 57.3 Å². The molecule has 3 N–H and O–H groups in total. The summed E-state index contributed by atoms with van der Waals surface area (Å²) in [6.45, 7) is 5.70. The van der Waals surface area contributed by atoms with E-state index >= 15 is 0 Å². The molecule has 1 saturated heterocycles. The number of carbonyl (C=O) groups is 1. The van der Waals surface area contributed by atoms with E-state index in [4.69, 9.17) is 14.3 Å².